The van der Waals surface area contributed by atoms with Gasteiger partial charge in [-0.05, 0) is 43.7 Å². The Labute approximate surface area is 273 Å². The first-order valence-electron chi connectivity index (χ1n) is 15.3. The predicted molar refractivity (Wildman–Crippen MR) is 177 cm³/mol. The van der Waals surface area contributed by atoms with Gasteiger partial charge in [0.15, 0.2) is 23.3 Å². The van der Waals surface area contributed by atoms with Crippen LogP contribution < -0.4 is 4.90 Å². The summed E-state index contributed by atoms with van der Waals surface area (Å²) in [5.74, 6) is -3.52. The molecule has 0 bridgehead atoms. The van der Waals surface area contributed by atoms with Crippen molar-refractivity contribution in [1.29, 1.82) is 0 Å². The minimum Gasteiger partial charge on any atom is -0.360 e. The van der Waals surface area contributed by atoms with E-state index in [2.05, 4.69) is 15.2 Å². The normalized spacial score (nSPS) is 13.6. The molecule has 0 atom stereocenters. The summed E-state index contributed by atoms with van der Waals surface area (Å²) in [5.41, 5.74) is 2.61. The fraction of sp³-hybridized carbons (Fsp3) is 0.135. The van der Waals surface area contributed by atoms with Crippen LogP contribution in [0.4, 0.5) is 18.9 Å². The highest BCUT2D eigenvalue weighted by molar-refractivity contribution is 6.31. The number of benzene rings is 4. The number of nitrogens with one attached hydrogen (secondary N) is 1. The van der Waals surface area contributed by atoms with Crippen molar-refractivity contribution >= 4 is 40.1 Å². The molecule has 1 aliphatic heterocycles. The topological polar surface area (TPSA) is 87.1 Å². The fourth-order valence-corrected chi connectivity index (χ4v) is 5.98. The average molecular weight is 647 g/mol. The smallest absolute Gasteiger partial charge is 0.262 e. The lowest BCUT2D eigenvalue weighted by Crippen LogP contribution is -2.45. The molecular formula is C37H29F3N6O2. The summed E-state index contributed by atoms with van der Waals surface area (Å²) >= 11 is 0. The van der Waals surface area contributed by atoms with Gasteiger partial charge in [0.25, 0.3) is 5.91 Å². The van der Waals surface area contributed by atoms with Crippen molar-refractivity contribution in [2.75, 3.05) is 11.4 Å². The molecule has 11 heteroatoms. The number of aromatic amines is 1. The molecular weight excluding hydrogens is 617 g/mol. The van der Waals surface area contributed by atoms with Crippen molar-refractivity contribution in [2.24, 2.45) is 0 Å². The number of amides is 2. The zero-order valence-electron chi connectivity index (χ0n) is 26.0. The highest BCUT2D eigenvalue weighted by Crippen LogP contribution is 2.39. The van der Waals surface area contributed by atoms with Gasteiger partial charge in [0, 0.05) is 52.9 Å². The van der Waals surface area contributed by atoms with E-state index >= 15 is 8.78 Å². The number of halogens is 3. The standard InChI is InChI=1S/C37H29F3N6O2/c1-22(2)44(20-23-9-5-3-6-10-23)34(47)21-45-32-17-29(39)30(40)18-33(32)46-35(24-11-7-4-8-12-24)42-43-36(46)28(37(45)48)15-25-19-41-31-16-26(38)13-14-27(25)31/h3-19,22,41H,20-21H2,1-2H3. The Bertz CT molecular complexity index is 2210. The summed E-state index contributed by atoms with van der Waals surface area (Å²) in [6.07, 6.45) is 3.19. The molecule has 0 radical (unpaired) electrons. The molecule has 7 rings (SSSR count). The van der Waals surface area contributed by atoms with Gasteiger partial charge in [-0.3, -0.25) is 19.1 Å². The number of carbonyl (C=O) groups excluding carboxylic acids is 2. The van der Waals surface area contributed by atoms with Crippen molar-refractivity contribution in [2.45, 2.75) is 26.4 Å². The Hall–Kier alpha value is -5.97. The van der Waals surface area contributed by atoms with E-state index in [-0.39, 0.29) is 41.2 Å². The molecule has 0 unspecified atom stereocenters. The van der Waals surface area contributed by atoms with Crippen LogP contribution in [0.1, 0.15) is 30.8 Å². The van der Waals surface area contributed by atoms with Crippen LogP contribution in [0.3, 0.4) is 0 Å². The number of fused-ring (bicyclic) bond motifs is 4. The number of carbonyl (C=O) groups is 2. The zero-order valence-corrected chi connectivity index (χ0v) is 26.0. The highest BCUT2D eigenvalue weighted by atomic mass is 19.2. The summed E-state index contributed by atoms with van der Waals surface area (Å²) in [6, 6.07) is 24.3. The number of hydrogen-bond acceptors (Lipinski definition) is 4. The summed E-state index contributed by atoms with van der Waals surface area (Å²) in [4.78, 5) is 34.6. The quantitative estimate of drug-likeness (QED) is 0.187. The lowest BCUT2D eigenvalue weighted by Gasteiger charge is -2.30. The van der Waals surface area contributed by atoms with Crippen LogP contribution in [0.15, 0.2) is 97.2 Å². The highest BCUT2D eigenvalue weighted by Gasteiger charge is 2.36. The molecule has 0 saturated heterocycles. The predicted octanol–water partition coefficient (Wildman–Crippen LogP) is 7.16. The first kappa shape index (κ1) is 30.7. The molecule has 8 nitrogen and oxygen atoms in total. The molecule has 0 aliphatic carbocycles. The molecule has 2 aromatic heterocycles. The van der Waals surface area contributed by atoms with Gasteiger partial charge in [-0.25, -0.2) is 13.2 Å². The van der Waals surface area contributed by atoms with Crippen molar-refractivity contribution < 1.29 is 22.8 Å². The van der Waals surface area contributed by atoms with Crippen LogP contribution >= 0.6 is 0 Å². The van der Waals surface area contributed by atoms with Crippen LogP contribution in [-0.4, -0.2) is 49.0 Å². The third kappa shape index (κ3) is 5.53. The number of aromatic nitrogens is 4. The summed E-state index contributed by atoms with van der Waals surface area (Å²) < 4.78 is 45.7. The molecule has 1 aliphatic rings. The average Bonchev–Trinajstić information content (AvgIpc) is 3.68. The zero-order chi connectivity index (χ0) is 33.5. The number of rotatable bonds is 7. The molecule has 4 aromatic carbocycles. The Morgan fingerprint density at radius 1 is 0.875 bits per heavy atom. The Balaban J connectivity index is 1.43. The van der Waals surface area contributed by atoms with Crippen LogP contribution in [0.25, 0.3) is 39.6 Å². The Morgan fingerprint density at radius 3 is 2.25 bits per heavy atom. The number of H-pyrrole nitrogens is 1. The van der Waals surface area contributed by atoms with Crippen LogP contribution in [-0.2, 0) is 16.1 Å². The van der Waals surface area contributed by atoms with E-state index in [0.29, 0.717) is 22.0 Å². The SMILES string of the molecule is CC(C)N(Cc1ccccc1)C(=O)CN1C(=O)C(=Cc2c[nH]c3cc(F)ccc23)c2nnc(-c3ccccc3)n2-c2cc(F)c(F)cc21. The maximum absolute atomic E-state index is 15.1. The van der Waals surface area contributed by atoms with Crippen LogP contribution in [0.2, 0.25) is 0 Å². The van der Waals surface area contributed by atoms with E-state index in [0.717, 1.165) is 22.6 Å². The number of anilines is 1. The first-order chi connectivity index (χ1) is 23.2. The molecule has 0 spiro atoms. The molecule has 3 heterocycles. The molecule has 240 valence electrons. The van der Waals surface area contributed by atoms with Gasteiger partial charge in [-0.15, -0.1) is 10.2 Å². The van der Waals surface area contributed by atoms with Gasteiger partial charge in [-0.2, -0.15) is 0 Å². The molecule has 6 aromatic rings. The molecule has 2 amide bonds. The van der Waals surface area contributed by atoms with Gasteiger partial charge in [0.05, 0.1) is 16.9 Å². The van der Waals surface area contributed by atoms with Gasteiger partial charge in [-0.1, -0.05) is 60.7 Å². The monoisotopic (exact) mass is 646 g/mol. The third-order valence-corrected chi connectivity index (χ3v) is 8.37. The van der Waals surface area contributed by atoms with E-state index in [1.807, 2.05) is 50.2 Å². The van der Waals surface area contributed by atoms with Crippen molar-refractivity contribution in [3.8, 4) is 17.1 Å². The molecule has 0 fully saturated rings. The lowest BCUT2D eigenvalue weighted by molar-refractivity contribution is -0.133. The molecule has 0 saturated carbocycles. The minimum atomic E-state index is -1.19. The maximum atomic E-state index is 15.1. The van der Waals surface area contributed by atoms with E-state index in [1.54, 1.807) is 47.5 Å². The fourth-order valence-electron chi connectivity index (χ4n) is 5.98. The second-order valence-electron chi connectivity index (χ2n) is 11.8. The first-order valence-corrected chi connectivity index (χ1v) is 15.3. The minimum absolute atomic E-state index is 0.0129. The van der Waals surface area contributed by atoms with E-state index in [9.17, 15) is 14.0 Å². The molecule has 48 heavy (non-hydrogen) atoms. The van der Waals surface area contributed by atoms with Gasteiger partial charge >= 0.3 is 0 Å². The Morgan fingerprint density at radius 2 is 1.54 bits per heavy atom. The third-order valence-electron chi connectivity index (χ3n) is 8.37. The second kappa shape index (κ2) is 12.3. The van der Waals surface area contributed by atoms with Crippen molar-refractivity contribution in [1.82, 2.24) is 24.6 Å². The van der Waals surface area contributed by atoms with Crippen molar-refractivity contribution in [3.05, 3.63) is 132 Å². The number of hydrogen-bond donors (Lipinski definition) is 1. The van der Waals surface area contributed by atoms with E-state index in [1.165, 1.54) is 16.7 Å². The van der Waals surface area contributed by atoms with Gasteiger partial charge < -0.3 is 9.88 Å². The van der Waals surface area contributed by atoms with E-state index in [4.69, 9.17) is 0 Å². The van der Waals surface area contributed by atoms with Gasteiger partial charge in [0.2, 0.25) is 5.91 Å². The van der Waals surface area contributed by atoms with Gasteiger partial charge in [0.1, 0.15) is 12.4 Å². The number of nitrogens with zero attached hydrogens (tertiary/aromatic N) is 5. The van der Waals surface area contributed by atoms with Crippen LogP contribution in [0, 0.1) is 17.5 Å². The maximum Gasteiger partial charge on any atom is 0.262 e. The summed E-state index contributed by atoms with van der Waals surface area (Å²) in [5, 5.41) is 9.41. The largest absolute Gasteiger partial charge is 0.360 e. The molecule has 1 N–H and O–H groups in total. The second-order valence-corrected chi connectivity index (χ2v) is 11.8. The van der Waals surface area contributed by atoms with Crippen LogP contribution in [0.5, 0.6) is 0 Å². The Kier molecular flexibility index (Phi) is 7.88. The summed E-state index contributed by atoms with van der Waals surface area (Å²) in [7, 11) is 0. The van der Waals surface area contributed by atoms with E-state index < -0.39 is 35.8 Å². The summed E-state index contributed by atoms with van der Waals surface area (Å²) in [6.45, 7) is 3.54. The lowest BCUT2D eigenvalue weighted by atomic mass is 10.1. The van der Waals surface area contributed by atoms with Crippen molar-refractivity contribution in [3.63, 3.8) is 0 Å².